The average molecular weight is 338 g/mol. The number of carboxylic acid groups (broad SMARTS) is 1. The molecule has 0 radical (unpaired) electrons. The van der Waals surface area contributed by atoms with Crippen molar-refractivity contribution >= 4 is 34.6 Å². The Morgan fingerprint density at radius 1 is 1.18 bits per heavy atom. The summed E-state index contributed by atoms with van der Waals surface area (Å²) >= 11 is 3.08. The molecule has 0 atom stereocenters. The van der Waals surface area contributed by atoms with Crippen molar-refractivity contribution in [3.05, 3.63) is 28.6 Å². The van der Waals surface area contributed by atoms with Crippen molar-refractivity contribution in [3.63, 3.8) is 0 Å². The Bertz CT molecular complexity index is 608. The number of aromatic nitrogens is 1. The molecule has 1 amide bonds. The summed E-state index contributed by atoms with van der Waals surface area (Å²) in [4.78, 5) is 27.7. The first-order valence-corrected chi connectivity index (χ1v) is 8.92. The lowest BCUT2D eigenvalue weighted by Crippen LogP contribution is -2.24. The predicted octanol–water partition coefficient (Wildman–Crippen LogP) is 3.64. The maximum absolute atomic E-state index is 12.0. The second-order valence-corrected chi connectivity index (χ2v) is 6.63. The van der Waals surface area contributed by atoms with Gasteiger partial charge in [0, 0.05) is 18.3 Å². The molecule has 5 nitrogen and oxygen atoms in total. The second-order valence-electron chi connectivity index (χ2n) is 4.83. The molecule has 2 aromatic heterocycles. The Balaban J connectivity index is 1.66. The quantitative estimate of drug-likeness (QED) is 0.684. The Labute approximate surface area is 137 Å². The van der Waals surface area contributed by atoms with Gasteiger partial charge in [-0.2, -0.15) is 0 Å². The zero-order valence-electron chi connectivity index (χ0n) is 12.1. The van der Waals surface area contributed by atoms with Crippen LogP contribution in [-0.4, -0.2) is 28.5 Å². The normalized spacial score (nSPS) is 10.5. The monoisotopic (exact) mass is 338 g/mol. The molecule has 0 saturated carbocycles. The highest BCUT2D eigenvalue weighted by molar-refractivity contribution is 7.20. The molecule has 0 saturated heterocycles. The smallest absolute Gasteiger partial charge is 0.303 e. The SMILES string of the molecule is O=C(O)CCCCCCNC(=O)c1csc(-c2cccs2)n1. The van der Waals surface area contributed by atoms with Gasteiger partial charge in [-0.15, -0.1) is 22.7 Å². The van der Waals surface area contributed by atoms with Gasteiger partial charge in [0.15, 0.2) is 0 Å². The van der Waals surface area contributed by atoms with Crippen LogP contribution in [-0.2, 0) is 4.79 Å². The first-order valence-electron chi connectivity index (χ1n) is 7.16. The average Bonchev–Trinajstić information content (AvgIpc) is 3.16. The van der Waals surface area contributed by atoms with Gasteiger partial charge in [-0.25, -0.2) is 4.98 Å². The van der Waals surface area contributed by atoms with Gasteiger partial charge in [0.1, 0.15) is 10.7 Å². The summed E-state index contributed by atoms with van der Waals surface area (Å²) in [7, 11) is 0. The minimum absolute atomic E-state index is 0.149. The summed E-state index contributed by atoms with van der Waals surface area (Å²) in [5.74, 6) is -0.900. The van der Waals surface area contributed by atoms with Crippen LogP contribution < -0.4 is 5.32 Å². The molecule has 0 aliphatic heterocycles. The summed E-state index contributed by atoms with van der Waals surface area (Å²) in [5.41, 5.74) is 0.458. The molecule has 2 rings (SSSR count). The zero-order chi connectivity index (χ0) is 15.8. The fraction of sp³-hybridized carbons (Fsp3) is 0.400. The molecule has 2 heterocycles. The van der Waals surface area contributed by atoms with Gasteiger partial charge >= 0.3 is 5.97 Å². The standard InChI is InChI=1S/C15H18N2O3S2/c18-13(19)7-3-1-2-4-8-16-14(20)11-10-22-15(17-11)12-6-5-9-21-12/h5-6,9-10H,1-4,7-8H2,(H,16,20)(H,18,19). The van der Waals surface area contributed by atoms with E-state index in [1.165, 1.54) is 11.3 Å². The van der Waals surface area contributed by atoms with Gasteiger partial charge in [-0.05, 0) is 24.3 Å². The van der Waals surface area contributed by atoms with Crippen LogP contribution in [0.25, 0.3) is 9.88 Å². The van der Waals surface area contributed by atoms with E-state index >= 15 is 0 Å². The third-order valence-electron chi connectivity index (χ3n) is 3.07. The first kappa shape index (κ1) is 16.6. The molecular weight excluding hydrogens is 320 g/mol. The Hall–Kier alpha value is -1.73. The van der Waals surface area contributed by atoms with Crippen LogP contribution in [0.5, 0.6) is 0 Å². The minimum Gasteiger partial charge on any atom is -0.481 e. The molecule has 0 spiro atoms. The predicted molar refractivity (Wildman–Crippen MR) is 88.5 cm³/mol. The van der Waals surface area contributed by atoms with E-state index in [1.807, 2.05) is 17.5 Å². The highest BCUT2D eigenvalue weighted by atomic mass is 32.1. The molecule has 22 heavy (non-hydrogen) atoms. The van der Waals surface area contributed by atoms with E-state index in [-0.39, 0.29) is 12.3 Å². The molecule has 0 unspecified atom stereocenters. The van der Waals surface area contributed by atoms with Crippen molar-refractivity contribution < 1.29 is 14.7 Å². The number of aliphatic carboxylic acids is 1. The molecule has 0 aliphatic carbocycles. The van der Waals surface area contributed by atoms with Gasteiger partial charge in [-0.1, -0.05) is 18.9 Å². The lowest BCUT2D eigenvalue weighted by atomic mass is 10.1. The van der Waals surface area contributed by atoms with Gasteiger partial charge in [-0.3, -0.25) is 9.59 Å². The zero-order valence-corrected chi connectivity index (χ0v) is 13.7. The highest BCUT2D eigenvalue weighted by Gasteiger charge is 2.11. The summed E-state index contributed by atoms with van der Waals surface area (Å²) in [6.45, 7) is 0.595. The fourth-order valence-corrected chi connectivity index (χ4v) is 3.55. The largest absolute Gasteiger partial charge is 0.481 e. The van der Waals surface area contributed by atoms with Crippen molar-refractivity contribution in [2.24, 2.45) is 0 Å². The van der Waals surface area contributed by atoms with Crippen molar-refractivity contribution in [2.45, 2.75) is 32.1 Å². The van der Waals surface area contributed by atoms with Gasteiger partial charge in [0.05, 0.1) is 4.88 Å². The van der Waals surface area contributed by atoms with Gasteiger partial charge < -0.3 is 10.4 Å². The maximum atomic E-state index is 12.0. The number of nitrogens with one attached hydrogen (secondary N) is 1. The number of hydrogen-bond donors (Lipinski definition) is 2. The van der Waals surface area contributed by atoms with Crippen LogP contribution in [0.15, 0.2) is 22.9 Å². The molecule has 2 aromatic rings. The number of thiazole rings is 1. The first-order chi connectivity index (χ1) is 10.7. The lowest BCUT2D eigenvalue weighted by Gasteiger charge is -2.02. The van der Waals surface area contributed by atoms with Crippen LogP contribution in [0.3, 0.4) is 0 Å². The second kappa shape index (κ2) is 8.65. The number of unbranched alkanes of at least 4 members (excludes halogenated alkanes) is 3. The minimum atomic E-state index is -0.752. The Morgan fingerprint density at radius 3 is 2.73 bits per heavy atom. The summed E-state index contributed by atoms with van der Waals surface area (Å²) in [6.07, 6.45) is 3.57. The van der Waals surface area contributed by atoms with E-state index in [0.717, 1.165) is 29.1 Å². The molecule has 0 fully saturated rings. The Morgan fingerprint density at radius 2 is 2.00 bits per heavy atom. The molecular formula is C15H18N2O3S2. The van der Waals surface area contributed by atoms with Crippen LogP contribution in [0.2, 0.25) is 0 Å². The number of thiophene rings is 1. The lowest BCUT2D eigenvalue weighted by molar-refractivity contribution is -0.137. The number of amides is 1. The van der Waals surface area contributed by atoms with Gasteiger partial charge in [0.2, 0.25) is 0 Å². The van der Waals surface area contributed by atoms with Crippen LogP contribution in [0, 0.1) is 0 Å². The van der Waals surface area contributed by atoms with Crippen LogP contribution >= 0.6 is 22.7 Å². The molecule has 7 heteroatoms. The van der Waals surface area contributed by atoms with E-state index in [0.29, 0.717) is 18.7 Å². The van der Waals surface area contributed by atoms with Gasteiger partial charge in [0.25, 0.3) is 5.91 Å². The Kier molecular flexibility index (Phi) is 6.54. The van der Waals surface area contributed by atoms with E-state index < -0.39 is 5.97 Å². The van der Waals surface area contributed by atoms with Crippen molar-refractivity contribution in [1.82, 2.24) is 10.3 Å². The maximum Gasteiger partial charge on any atom is 0.303 e. The highest BCUT2D eigenvalue weighted by Crippen LogP contribution is 2.27. The summed E-state index contributed by atoms with van der Waals surface area (Å²) < 4.78 is 0. The molecule has 118 valence electrons. The fourth-order valence-electron chi connectivity index (χ4n) is 1.94. The third kappa shape index (κ3) is 5.23. The van der Waals surface area contributed by atoms with Crippen molar-refractivity contribution in [2.75, 3.05) is 6.54 Å². The van der Waals surface area contributed by atoms with E-state index in [1.54, 1.807) is 16.7 Å². The molecule has 2 N–H and O–H groups in total. The van der Waals surface area contributed by atoms with Crippen LogP contribution in [0.1, 0.15) is 42.6 Å². The summed E-state index contributed by atoms with van der Waals surface area (Å²) in [5, 5.41) is 16.0. The topological polar surface area (TPSA) is 79.3 Å². The van der Waals surface area contributed by atoms with E-state index in [2.05, 4.69) is 10.3 Å². The number of carboxylic acids is 1. The number of rotatable bonds is 9. The van der Waals surface area contributed by atoms with E-state index in [4.69, 9.17) is 5.11 Å². The number of carbonyl (C=O) groups excluding carboxylic acids is 1. The third-order valence-corrected chi connectivity index (χ3v) is 4.95. The number of carbonyl (C=O) groups is 2. The van der Waals surface area contributed by atoms with E-state index in [9.17, 15) is 9.59 Å². The van der Waals surface area contributed by atoms with Crippen molar-refractivity contribution in [3.8, 4) is 9.88 Å². The molecule has 0 bridgehead atoms. The van der Waals surface area contributed by atoms with Crippen LogP contribution in [0.4, 0.5) is 0 Å². The summed E-state index contributed by atoms with van der Waals surface area (Å²) in [6, 6.07) is 3.95. The number of nitrogens with zero attached hydrogens (tertiary/aromatic N) is 1. The molecule has 0 aliphatic rings. The molecule has 0 aromatic carbocycles. The van der Waals surface area contributed by atoms with Crippen molar-refractivity contribution in [1.29, 1.82) is 0 Å². The number of hydrogen-bond acceptors (Lipinski definition) is 5.